The quantitative estimate of drug-likeness (QED) is 0.347. The second-order valence-electron chi connectivity index (χ2n) is 17.1. The van der Waals surface area contributed by atoms with Gasteiger partial charge in [-0.25, -0.2) is 13.2 Å². The molecule has 7 rings (SSSR count). The first-order valence-electron chi connectivity index (χ1n) is 20.0. The van der Waals surface area contributed by atoms with Crippen molar-refractivity contribution in [3.05, 3.63) is 66.2 Å². The summed E-state index contributed by atoms with van der Waals surface area (Å²) in [6, 6.07) is 12.8. The highest BCUT2D eigenvalue weighted by Crippen LogP contribution is 2.47. The van der Waals surface area contributed by atoms with Gasteiger partial charge >= 0.3 is 6.09 Å². The molecule has 14 nitrogen and oxygen atoms in total. The number of carbonyl (C=O) groups is 5. The van der Waals surface area contributed by atoms with Gasteiger partial charge < -0.3 is 29.9 Å². The Morgan fingerprint density at radius 3 is 2.39 bits per heavy atom. The third-order valence-corrected chi connectivity index (χ3v) is 13.5. The van der Waals surface area contributed by atoms with E-state index in [2.05, 4.69) is 15.4 Å². The number of fused-ring (bicyclic) bond motifs is 4. The fourth-order valence-electron chi connectivity index (χ4n) is 8.48. The Kier molecular flexibility index (Phi) is 11.2. The van der Waals surface area contributed by atoms with E-state index in [0.717, 1.165) is 29.7 Å². The van der Waals surface area contributed by atoms with Crippen molar-refractivity contribution in [3.8, 4) is 16.9 Å². The van der Waals surface area contributed by atoms with Crippen LogP contribution in [0.5, 0.6) is 5.75 Å². The summed E-state index contributed by atoms with van der Waals surface area (Å²) in [5.74, 6) is -2.56. The molecule has 2 aromatic rings. The molecule has 3 N–H and O–H groups in total. The molecule has 2 saturated heterocycles. The lowest BCUT2D eigenvalue weighted by atomic mass is 9.93. The predicted molar refractivity (Wildman–Crippen MR) is 211 cm³/mol. The van der Waals surface area contributed by atoms with Gasteiger partial charge in [-0.2, -0.15) is 0 Å². The largest absolute Gasteiger partial charge is 0.497 e. The van der Waals surface area contributed by atoms with Gasteiger partial charge in [0.05, 0.1) is 12.4 Å². The van der Waals surface area contributed by atoms with E-state index < -0.39 is 74.1 Å². The first kappa shape index (κ1) is 40.3. The van der Waals surface area contributed by atoms with Crippen LogP contribution >= 0.6 is 0 Å². The number of nitrogens with one attached hydrogen (secondary N) is 3. The Morgan fingerprint density at radius 1 is 0.930 bits per heavy atom. The van der Waals surface area contributed by atoms with E-state index in [0.29, 0.717) is 37.7 Å². The lowest BCUT2D eigenvalue weighted by Gasteiger charge is -2.33. The summed E-state index contributed by atoms with van der Waals surface area (Å²) in [6.45, 7) is 5.79. The predicted octanol–water partition coefficient (Wildman–Crippen LogP) is 4.16. The second kappa shape index (κ2) is 15.8. The molecule has 57 heavy (non-hydrogen) atoms. The van der Waals surface area contributed by atoms with Crippen LogP contribution in [0.1, 0.15) is 82.5 Å². The third-order valence-electron chi connectivity index (χ3n) is 11.7. The Bertz CT molecular complexity index is 2040. The summed E-state index contributed by atoms with van der Waals surface area (Å²) in [5, 5.41) is 5.06. The average molecular weight is 804 g/mol. The maximum absolute atomic E-state index is 14.7. The van der Waals surface area contributed by atoms with Crippen LogP contribution in [0.15, 0.2) is 60.7 Å². The van der Waals surface area contributed by atoms with Crippen LogP contribution in [0.25, 0.3) is 11.1 Å². The fourth-order valence-corrected chi connectivity index (χ4v) is 9.85. The Balaban J connectivity index is 1.17. The first-order valence-corrected chi connectivity index (χ1v) is 21.5. The number of ether oxygens (including phenoxy) is 2. The molecule has 15 heteroatoms. The number of nitrogens with zero attached hydrogens (tertiary/aromatic N) is 2. The molecule has 6 atom stereocenters. The molecular weight excluding hydrogens is 751 g/mol. The van der Waals surface area contributed by atoms with E-state index in [1.807, 2.05) is 54.6 Å². The number of hydrogen-bond donors (Lipinski definition) is 3. The Hall–Kier alpha value is -4.92. The first-order chi connectivity index (χ1) is 27.1. The molecule has 4 fully saturated rings. The fraction of sp³-hybridized carbons (Fsp3) is 0.548. The van der Waals surface area contributed by atoms with Crippen molar-refractivity contribution in [1.82, 2.24) is 25.2 Å². The molecule has 0 spiro atoms. The van der Waals surface area contributed by atoms with E-state index in [-0.39, 0.29) is 37.9 Å². The second-order valence-corrected chi connectivity index (χ2v) is 19.1. The van der Waals surface area contributed by atoms with Gasteiger partial charge in [-0.1, -0.05) is 49.3 Å². The minimum absolute atomic E-state index is 0.141. The van der Waals surface area contributed by atoms with Crippen LogP contribution in [-0.2, 0) is 29.1 Å². The maximum Gasteiger partial charge on any atom is 0.408 e. The van der Waals surface area contributed by atoms with Crippen LogP contribution < -0.4 is 20.1 Å². The van der Waals surface area contributed by atoms with Gasteiger partial charge in [0.1, 0.15) is 29.0 Å². The van der Waals surface area contributed by atoms with E-state index in [1.165, 1.54) is 4.90 Å². The SMILES string of the molecule is COc1ccc(-c2cccc(C(=O)N3C[C@H]4CN5C(=O)[C@H](NC(=O)OC(C)(C)C)CCCCC/C=C\[C@H]6C[C@@]6(C(=O)NS(=O)(=O)C6CC6)NC(=O)[C@@H]5[C@H]4C3)c2)cc1. The van der Waals surface area contributed by atoms with Gasteiger partial charge in [0.15, 0.2) is 0 Å². The van der Waals surface area contributed by atoms with Crippen molar-refractivity contribution in [1.29, 1.82) is 0 Å². The van der Waals surface area contributed by atoms with Crippen molar-refractivity contribution in [2.45, 2.75) is 101 Å². The summed E-state index contributed by atoms with van der Waals surface area (Å²) >= 11 is 0. The third kappa shape index (κ3) is 8.82. The van der Waals surface area contributed by atoms with Gasteiger partial charge in [0, 0.05) is 43.0 Å². The highest BCUT2D eigenvalue weighted by atomic mass is 32.2. The number of likely N-dealkylation sites (tertiary alicyclic amines) is 1. The van der Waals surface area contributed by atoms with Crippen molar-refractivity contribution in [2.24, 2.45) is 17.8 Å². The summed E-state index contributed by atoms with van der Waals surface area (Å²) < 4.78 is 38.9. The molecule has 5 aliphatic rings. The standard InChI is InChI=1S/C42H53N5O9S/c1-41(2,3)56-40(52)43-34-14-9-7-5-6-8-13-30-22-42(30,39(51)45-57(53,54)32-19-20-32)44-36(48)35-33-25-46(23-29(33)24-47(35)38(34)50)37(49)28-12-10-11-27(21-28)26-15-17-31(55-4)18-16-26/h8,10-13,15-18,21,29-30,32-35H,5-7,9,14,19-20,22-25H2,1-4H3,(H,43,52)(H,44,48)(H,45,51)/b13-8-/t29-,30-,33-,34+,35-,42+/m0/s1. The van der Waals surface area contributed by atoms with E-state index in [9.17, 15) is 32.4 Å². The zero-order valence-corrected chi connectivity index (χ0v) is 33.8. The molecule has 3 aliphatic heterocycles. The van der Waals surface area contributed by atoms with Gasteiger partial charge in [-0.15, -0.1) is 0 Å². The molecule has 0 aromatic heterocycles. The van der Waals surface area contributed by atoms with Crippen molar-refractivity contribution in [3.63, 3.8) is 0 Å². The minimum Gasteiger partial charge on any atom is -0.497 e. The summed E-state index contributed by atoms with van der Waals surface area (Å²) in [4.78, 5) is 73.5. The number of hydrogen-bond acceptors (Lipinski definition) is 9. The zero-order valence-electron chi connectivity index (χ0n) is 33.0. The molecular formula is C42H53N5O9S. The number of rotatable bonds is 7. The van der Waals surface area contributed by atoms with E-state index in [1.54, 1.807) is 38.8 Å². The van der Waals surface area contributed by atoms with Crippen LogP contribution in [0, 0.1) is 17.8 Å². The van der Waals surface area contributed by atoms with Crippen LogP contribution in [0.2, 0.25) is 0 Å². The number of allylic oxidation sites excluding steroid dienone is 1. The molecule has 2 aliphatic carbocycles. The van der Waals surface area contributed by atoms with Crippen molar-refractivity contribution < 1.29 is 41.9 Å². The lowest BCUT2D eigenvalue weighted by molar-refractivity contribution is -0.142. The van der Waals surface area contributed by atoms with Crippen LogP contribution in [0.4, 0.5) is 4.79 Å². The molecule has 2 saturated carbocycles. The van der Waals surface area contributed by atoms with Gasteiger partial charge in [-0.05, 0) is 94.7 Å². The van der Waals surface area contributed by atoms with Gasteiger partial charge in [0.25, 0.3) is 11.8 Å². The van der Waals surface area contributed by atoms with Gasteiger partial charge in [0.2, 0.25) is 21.8 Å². The van der Waals surface area contributed by atoms with Crippen molar-refractivity contribution in [2.75, 3.05) is 26.7 Å². The van der Waals surface area contributed by atoms with E-state index in [4.69, 9.17) is 9.47 Å². The highest BCUT2D eigenvalue weighted by molar-refractivity contribution is 7.91. The maximum atomic E-state index is 14.7. The Labute approximate surface area is 334 Å². The molecule has 0 unspecified atom stereocenters. The highest BCUT2D eigenvalue weighted by Gasteiger charge is 2.63. The summed E-state index contributed by atoms with van der Waals surface area (Å²) in [6.07, 6.45) is 7.40. The van der Waals surface area contributed by atoms with E-state index >= 15 is 0 Å². The number of amides is 5. The van der Waals surface area contributed by atoms with Crippen molar-refractivity contribution >= 4 is 39.7 Å². The smallest absolute Gasteiger partial charge is 0.408 e. The monoisotopic (exact) mass is 803 g/mol. The number of carbonyl (C=O) groups excluding carboxylic acids is 5. The Morgan fingerprint density at radius 2 is 1.68 bits per heavy atom. The molecule has 5 amide bonds. The number of methoxy groups -OCH3 is 1. The number of benzene rings is 2. The molecule has 2 aromatic carbocycles. The topological polar surface area (TPSA) is 181 Å². The lowest BCUT2D eigenvalue weighted by Crippen LogP contribution is -2.60. The number of sulfonamides is 1. The van der Waals surface area contributed by atoms with Crippen LogP contribution in [0.3, 0.4) is 0 Å². The molecule has 0 radical (unpaired) electrons. The van der Waals surface area contributed by atoms with Gasteiger partial charge in [-0.3, -0.25) is 23.9 Å². The molecule has 0 bridgehead atoms. The number of alkyl carbamates (subject to hydrolysis) is 1. The normalized spacial score (nSPS) is 28.4. The minimum atomic E-state index is -3.91. The summed E-state index contributed by atoms with van der Waals surface area (Å²) in [7, 11) is -2.31. The molecule has 306 valence electrons. The zero-order chi connectivity index (χ0) is 40.7. The summed E-state index contributed by atoms with van der Waals surface area (Å²) in [5.41, 5.74) is -0.0869. The average Bonchev–Trinajstić information content (AvgIpc) is 4.07. The molecule has 3 heterocycles. The van der Waals surface area contributed by atoms with Crippen LogP contribution in [-0.4, -0.2) is 103 Å².